The fraction of sp³-hybridized carbons (Fsp3) is 0.0968. The number of hydrogen-bond donors (Lipinski definition) is 0. The minimum Gasteiger partial charge on any atom is -0.497 e. The van der Waals surface area contributed by atoms with E-state index in [0.29, 0.717) is 45.2 Å². The molecule has 5 rings (SSSR count). The van der Waals surface area contributed by atoms with Crippen molar-refractivity contribution in [3.63, 3.8) is 0 Å². The highest BCUT2D eigenvalue weighted by Gasteiger charge is 2.30. The zero-order valence-electron chi connectivity index (χ0n) is 20.6. The van der Waals surface area contributed by atoms with Crippen molar-refractivity contribution < 1.29 is 22.3 Å². The molecular formula is C31H22F4N2O. The van der Waals surface area contributed by atoms with Crippen LogP contribution in [0.1, 0.15) is 11.1 Å². The number of aryl methyl sites for hydroxylation is 1. The molecule has 3 nitrogen and oxygen atoms in total. The quantitative estimate of drug-likeness (QED) is 0.220. The van der Waals surface area contributed by atoms with E-state index in [1.165, 1.54) is 24.3 Å². The Labute approximate surface area is 217 Å². The fourth-order valence-corrected chi connectivity index (χ4v) is 4.13. The number of aromatic nitrogens is 2. The van der Waals surface area contributed by atoms with E-state index in [-0.39, 0.29) is 5.82 Å². The molecule has 5 aromatic rings. The van der Waals surface area contributed by atoms with Crippen LogP contribution in [0.15, 0.2) is 97.1 Å². The van der Waals surface area contributed by atoms with Crippen molar-refractivity contribution in [3.05, 3.63) is 114 Å². The SMILES string of the molecule is COc1ccc(-c2nc(-c3ccc(F)cc3)c(-c3ccc(C)cc3)nc2-c2ccc(C(F)(F)F)cc2)cc1. The maximum Gasteiger partial charge on any atom is 0.416 e. The van der Waals surface area contributed by atoms with Crippen molar-refractivity contribution in [2.24, 2.45) is 0 Å². The molecule has 38 heavy (non-hydrogen) atoms. The number of alkyl halides is 3. The van der Waals surface area contributed by atoms with E-state index in [9.17, 15) is 17.6 Å². The van der Waals surface area contributed by atoms with Gasteiger partial charge in [-0.25, -0.2) is 14.4 Å². The van der Waals surface area contributed by atoms with Gasteiger partial charge in [-0.05, 0) is 67.6 Å². The first-order valence-electron chi connectivity index (χ1n) is 11.8. The predicted octanol–water partition coefficient (Wildman–Crippen LogP) is 8.62. The third kappa shape index (κ3) is 5.13. The van der Waals surface area contributed by atoms with Gasteiger partial charge in [0.2, 0.25) is 0 Å². The third-order valence-electron chi connectivity index (χ3n) is 6.19. The van der Waals surface area contributed by atoms with Gasteiger partial charge in [0.1, 0.15) is 11.6 Å². The summed E-state index contributed by atoms with van der Waals surface area (Å²) >= 11 is 0. The van der Waals surface area contributed by atoms with Crippen molar-refractivity contribution in [1.82, 2.24) is 9.97 Å². The van der Waals surface area contributed by atoms with Crippen molar-refractivity contribution >= 4 is 0 Å². The van der Waals surface area contributed by atoms with E-state index >= 15 is 0 Å². The van der Waals surface area contributed by atoms with Gasteiger partial charge in [-0.3, -0.25) is 0 Å². The predicted molar refractivity (Wildman–Crippen MR) is 140 cm³/mol. The molecule has 0 atom stereocenters. The second-order valence-electron chi connectivity index (χ2n) is 8.79. The van der Waals surface area contributed by atoms with Gasteiger partial charge in [0.25, 0.3) is 0 Å². The summed E-state index contributed by atoms with van der Waals surface area (Å²) in [5.74, 6) is 0.267. The Hall–Kier alpha value is -4.52. The summed E-state index contributed by atoms with van der Waals surface area (Å²) < 4.78 is 58.8. The molecule has 1 heterocycles. The lowest BCUT2D eigenvalue weighted by Gasteiger charge is -2.17. The molecule has 0 fully saturated rings. The summed E-state index contributed by atoms with van der Waals surface area (Å²) in [6.07, 6.45) is -4.46. The molecule has 0 saturated heterocycles. The molecule has 0 saturated carbocycles. The topological polar surface area (TPSA) is 35.0 Å². The van der Waals surface area contributed by atoms with Gasteiger partial charge in [-0.2, -0.15) is 13.2 Å². The average molecular weight is 515 g/mol. The fourth-order valence-electron chi connectivity index (χ4n) is 4.13. The maximum atomic E-state index is 13.8. The van der Waals surface area contributed by atoms with Gasteiger partial charge >= 0.3 is 6.18 Å². The zero-order chi connectivity index (χ0) is 26.9. The number of benzene rings is 4. The van der Waals surface area contributed by atoms with Gasteiger partial charge in [0.05, 0.1) is 35.4 Å². The van der Waals surface area contributed by atoms with Crippen LogP contribution >= 0.6 is 0 Å². The van der Waals surface area contributed by atoms with Crippen molar-refractivity contribution in [3.8, 4) is 50.8 Å². The summed E-state index contributed by atoms with van der Waals surface area (Å²) in [7, 11) is 1.56. The number of rotatable bonds is 5. The number of nitrogens with zero attached hydrogens (tertiary/aromatic N) is 2. The zero-order valence-corrected chi connectivity index (χ0v) is 20.6. The first-order valence-corrected chi connectivity index (χ1v) is 11.8. The van der Waals surface area contributed by atoms with E-state index in [1.807, 2.05) is 43.3 Å². The number of methoxy groups -OCH3 is 1. The van der Waals surface area contributed by atoms with Crippen LogP contribution in [0.25, 0.3) is 45.0 Å². The summed E-state index contributed by atoms with van der Waals surface area (Å²) in [5.41, 5.74) is 4.87. The minimum absolute atomic E-state index is 0.379. The molecule has 0 aliphatic heterocycles. The monoisotopic (exact) mass is 514 g/mol. The Kier molecular flexibility index (Phi) is 6.68. The Bertz CT molecular complexity index is 1560. The summed E-state index contributed by atoms with van der Waals surface area (Å²) in [5, 5.41) is 0. The first-order chi connectivity index (χ1) is 18.2. The molecule has 0 amide bonds. The molecule has 0 unspecified atom stereocenters. The molecule has 0 aliphatic rings. The molecule has 190 valence electrons. The summed E-state index contributed by atoms with van der Waals surface area (Å²) in [6, 6.07) is 25.7. The second-order valence-corrected chi connectivity index (χ2v) is 8.79. The Morgan fingerprint density at radius 1 is 0.553 bits per heavy atom. The van der Waals surface area contributed by atoms with E-state index < -0.39 is 11.7 Å². The lowest BCUT2D eigenvalue weighted by Crippen LogP contribution is -2.05. The number of hydrogen-bond acceptors (Lipinski definition) is 3. The van der Waals surface area contributed by atoms with Crippen LogP contribution in [-0.2, 0) is 6.18 Å². The molecule has 0 bridgehead atoms. The summed E-state index contributed by atoms with van der Waals surface area (Å²) in [6.45, 7) is 1.97. The minimum atomic E-state index is -4.46. The van der Waals surface area contributed by atoms with Gasteiger partial charge in [-0.15, -0.1) is 0 Å². The average Bonchev–Trinajstić information content (AvgIpc) is 2.93. The lowest BCUT2D eigenvalue weighted by atomic mass is 9.98. The van der Waals surface area contributed by atoms with Crippen molar-refractivity contribution in [2.75, 3.05) is 7.11 Å². The van der Waals surface area contributed by atoms with Crippen LogP contribution < -0.4 is 4.74 Å². The molecule has 0 spiro atoms. The highest BCUT2D eigenvalue weighted by atomic mass is 19.4. The number of halogens is 4. The third-order valence-corrected chi connectivity index (χ3v) is 6.19. The molecule has 0 N–H and O–H groups in total. The van der Waals surface area contributed by atoms with Crippen LogP contribution in [-0.4, -0.2) is 17.1 Å². The largest absolute Gasteiger partial charge is 0.497 e. The Morgan fingerprint density at radius 3 is 1.32 bits per heavy atom. The van der Waals surface area contributed by atoms with Crippen molar-refractivity contribution in [1.29, 1.82) is 0 Å². The standard InChI is InChI=1S/C31H22F4N2O/c1-19-3-5-20(6-4-19)27-29(22-9-15-25(32)16-10-22)37-30(23-11-17-26(38-2)18-12-23)28(36-27)21-7-13-24(14-8-21)31(33,34)35/h3-18H,1-2H3. The number of ether oxygens (including phenoxy) is 1. The summed E-state index contributed by atoms with van der Waals surface area (Å²) in [4.78, 5) is 9.98. The molecule has 0 aliphatic carbocycles. The smallest absolute Gasteiger partial charge is 0.416 e. The lowest BCUT2D eigenvalue weighted by molar-refractivity contribution is -0.137. The van der Waals surface area contributed by atoms with Crippen molar-refractivity contribution in [2.45, 2.75) is 13.1 Å². The Balaban J connectivity index is 1.79. The van der Waals surface area contributed by atoms with Gasteiger partial charge in [0, 0.05) is 22.3 Å². The van der Waals surface area contributed by atoms with E-state index in [0.717, 1.165) is 23.3 Å². The molecule has 1 aromatic heterocycles. The molecule has 4 aromatic carbocycles. The highest BCUT2D eigenvalue weighted by Crippen LogP contribution is 2.38. The van der Waals surface area contributed by atoms with Crippen LogP contribution in [0, 0.1) is 12.7 Å². The first kappa shape index (κ1) is 25.1. The van der Waals surface area contributed by atoms with Crippen LogP contribution in [0.3, 0.4) is 0 Å². The van der Waals surface area contributed by atoms with E-state index in [4.69, 9.17) is 14.7 Å². The second kappa shape index (κ2) is 10.1. The van der Waals surface area contributed by atoms with Gasteiger partial charge in [-0.1, -0.05) is 42.0 Å². The van der Waals surface area contributed by atoms with Crippen LogP contribution in [0.2, 0.25) is 0 Å². The highest BCUT2D eigenvalue weighted by molar-refractivity contribution is 5.86. The van der Waals surface area contributed by atoms with E-state index in [1.54, 1.807) is 31.4 Å². The van der Waals surface area contributed by atoms with Gasteiger partial charge < -0.3 is 4.74 Å². The molecule has 7 heteroatoms. The van der Waals surface area contributed by atoms with Crippen LogP contribution in [0.5, 0.6) is 5.75 Å². The normalized spacial score (nSPS) is 11.4. The van der Waals surface area contributed by atoms with Crippen LogP contribution in [0.4, 0.5) is 17.6 Å². The van der Waals surface area contributed by atoms with Gasteiger partial charge in [0.15, 0.2) is 0 Å². The maximum absolute atomic E-state index is 13.8. The molecular weight excluding hydrogens is 492 g/mol. The molecule has 0 radical (unpaired) electrons. The van der Waals surface area contributed by atoms with E-state index in [2.05, 4.69) is 0 Å². The Morgan fingerprint density at radius 2 is 0.921 bits per heavy atom.